The van der Waals surface area contributed by atoms with E-state index in [2.05, 4.69) is 22.5 Å². The van der Waals surface area contributed by atoms with Crippen LogP contribution in [0.5, 0.6) is 0 Å². The van der Waals surface area contributed by atoms with E-state index in [4.69, 9.17) is 0 Å². The molecular formula is C15H24N4O2. The molecule has 0 aliphatic heterocycles. The highest BCUT2D eigenvalue weighted by atomic mass is 16.6. The van der Waals surface area contributed by atoms with Crippen LogP contribution in [0, 0.1) is 15.5 Å². The second-order valence-electron chi connectivity index (χ2n) is 5.77. The summed E-state index contributed by atoms with van der Waals surface area (Å²) in [4.78, 5) is 15.1. The molecule has 0 atom stereocenters. The predicted molar refractivity (Wildman–Crippen MR) is 84.7 cm³/mol. The molecular weight excluding hydrogens is 268 g/mol. The zero-order valence-corrected chi connectivity index (χ0v) is 12.8. The van der Waals surface area contributed by atoms with Gasteiger partial charge >= 0.3 is 5.69 Å². The van der Waals surface area contributed by atoms with Gasteiger partial charge in [0, 0.05) is 19.2 Å². The van der Waals surface area contributed by atoms with Crippen molar-refractivity contribution in [2.45, 2.75) is 46.0 Å². The number of hydrogen-bond acceptors (Lipinski definition) is 5. The Hall–Kier alpha value is -1.85. The number of hydrogen-bond donors (Lipinski definition) is 2. The van der Waals surface area contributed by atoms with Crippen LogP contribution in [-0.2, 0) is 0 Å². The summed E-state index contributed by atoms with van der Waals surface area (Å²) in [5, 5.41) is 17.5. The van der Waals surface area contributed by atoms with E-state index in [1.807, 2.05) is 6.92 Å². The SMILES string of the molecule is CCNc1ccc([N+](=O)[O-])c(NCC2(CC)CCCC2)n1. The summed E-state index contributed by atoms with van der Waals surface area (Å²) in [6.07, 6.45) is 5.99. The molecule has 2 N–H and O–H groups in total. The normalized spacial score (nSPS) is 16.7. The summed E-state index contributed by atoms with van der Waals surface area (Å²) in [6, 6.07) is 3.17. The molecule has 6 heteroatoms. The zero-order chi connectivity index (χ0) is 15.3. The standard InChI is InChI=1S/C15H24N4O2/c1-3-15(9-5-6-10-15)11-17-14-12(19(20)21)7-8-13(18-14)16-4-2/h7-8H,3-6,9-11H2,1-2H3,(H2,16,17,18). The van der Waals surface area contributed by atoms with Gasteiger partial charge in [0.05, 0.1) is 4.92 Å². The van der Waals surface area contributed by atoms with Gasteiger partial charge in [-0.1, -0.05) is 19.8 Å². The molecule has 1 fully saturated rings. The summed E-state index contributed by atoms with van der Waals surface area (Å²) in [7, 11) is 0. The molecule has 0 spiro atoms. The molecule has 0 aromatic carbocycles. The Kier molecular flexibility index (Phi) is 4.98. The first kappa shape index (κ1) is 15.5. The molecule has 0 saturated heterocycles. The largest absolute Gasteiger partial charge is 0.370 e. The third-order valence-corrected chi connectivity index (χ3v) is 4.47. The summed E-state index contributed by atoms with van der Waals surface area (Å²) in [5.41, 5.74) is 0.310. The summed E-state index contributed by atoms with van der Waals surface area (Å²) < 4.78 is 0. The van der Waals surface area contributed by atoms with Crippen LogP contribution in [-0.4, -0.2) is 23.0 Å². The second kappa shape index (κ2) is 6.74. The van der Waals surface area contributed by atoms with Crippen LogP contribution in [0.25, 0.3) is 0 Å². The molecule has 1 aliphatic rings. The monoisotopic (exact) mass is 292 g/mol. The molecule has 1 heterocycles. The minimum Gasteiger partial charge on any atom is -0.370 e. The van der Waals surface area contributed by atoms with Crippen LogP contribution < -0.4 is 10.6 Å². The van der Waals surface area contributed by atoms with Gasteiger partial charge in [-0.05, 0) is 37.7 Å². The van der Waals surface area contributed by atoms with E-state index in [0.717, 1.165) is 19.5 Å². The Morgan fingerprint density at radius 2 is 2.00 bits per heavy atom. The van der Waals surface area contributed by atoms with Crippen LogP contribution >= 0.6 is 0 Å². The van der Waals surface area contributed by atoms with E-state index < -0.39 is 0 Å². The third kappa shape index (κ3) is 3.62. The van der Waals surface area contributed by atoms with Crippen molar-refractivity contribution in [2.24, 2.45) is 5.41 Å². The average molecular weight is 292 g/mol. The van der Waals surface area contributed by atoms with Crippen molar-refractivity contribution in [3.8, 4) is 0 Å². The Balaban J connectivity index is 2.16. The Bertz CT molecular complexity index is 498. The van der Waals surface area contributed by atoms with Gasteiger partial charge < -0.3 is 10.6 Å². The van der Waals surface area contributed by atoms with Gasteiger partial charge in [-0.25, -0.2) is 4.98 Å². The van der Waals surface area contributed by atoms with Crippen molar-refractivity contribution in [2.75, 3.05) is 23.7 Å². The minimum absolute atomic E-state index is 0.0425. The lowest BCUT2D eigenvalue weighted by Gasteiger charge is -2.27. The van der Waals surface area contributed by atoms with E-state index in [1.165, 1.54) is 31.7 Å². The molecule has 116 valence electrons. The Morgan fingerprint density at radius 3 is 2.57 bits per heavy atom. The number of nitrogens with zero attached hydrogens (tertiary/aromatic N) is 2. The zero-order valence-electron chi connectivity index (χ0n) is 12.8. The molecule has 21 heavy (non-hydrogen) atoms. The van der Waals surface area contributed by atoms with Gasteiger partial charge in [-0.15, -0.1) is 0 Å². The first-order valence-corrected chi connectivity index (χ1v) is 7.73. The van der Waals surface area contributed by atoms with Crippen molar-refractivity contribution in [3.63, 3.8) is 0 Å². The van der Waals surface area contributed by atoms with Crippen LogP contribution in [0.1, 0.15) is 46.0 Å². The van der Waals surface area contributed by atoms with Crippen molar-refractivity contribution < 1.29 is 4.92 Å². The maximum Gasteiger partial charge on any atom is 0.311 e. The van der Waals surface area contributed by atoms with E-state index in [0.29, 0.717) is 11.6 Å². The third-order valence-electron chi connectivity index (χ3n) is 4.47. The highest BCUT2D eigenvalue weighted by molar-refractivity contribution is 5.60. The number of nitro groups is 1. The smallest absolute Gasteiger partial charge is 0.311 e. The van der Waals surface area contributed by atoms with Crippen LogP contribution in [0.3, 0.4) is 0 Å². The fraction of sp³-hybridized carbons (Fsp3) is 0.667. The fourth-order valence-corrected chi connectivity index (χ4v) is 3.06. The maximum atomic E-state index is 11.1. The maximum absolute atomic E-state index is 11.1. The molecule has 6 nitrogen and oxygen atoms in total. The lowest BCUT2D eigenvalue weighted by atomic mass is 9.83. The summed E-state index contributed by atoms with van der Waals surface area (Å²) >= 11 is 0. The van der Waals surface area contributed by atoms with E-state index in [-0.39, 0.29) is 16.0 Å². The molecule has 2 rings (SSSR count). The predicted octanol–water partition coefficient (Wildman–Crippen LogP) is 3.80. The molecule has 1 aromatic heterocycles. The van der Waals surface area contributed by atoms with Gasteiger partial charge in [0.25, 0.3) is 0 Å². The van der Waals surface area contributed by atoms with Gasteiger partial charge in [-0.3, -0.25) is 10.1 Å². The molecule has 0 bridgehead atoms. The van der Waals surface area contributed by atoms with Crippen LogP contribution in [0.4, 0.5) is 17.3 Å². The molecule has 0 unspecified atom stereocenters. The summed E-state index contributed by atoms with van der Waals surface area (Å²) in [6.45, 7) is 5.67. The van der Waals surface area contributed by atoms with Gasteiger partial charge in [0.2, 0.25) is 5.82 Å². The lowest BCUT2D eigenvalue weighted by Crippen LogP contribution is -2.26. The molecule has 0 amide bonds. The number of rotatable bonds is 7. The van der Waals surface area contributed by atoms with E-state index in [1.54, 1.807) is 6.07 Å². The highest BCUT2D eigenvalue weighted by Gasteiger charge is 2.32. The number of nitrogens with one attached hydrogen (secondary N) is 2. The van der Waals surface area contributed by atoms with E-state index in [9.17, 15) is 10.1 Å². The van der Waals surface area contributed by atoms with Crippen molar-refractivity contribution in [1.29, 1.82) is 0 Å². The van der Waals surface area contributed by atoms with Gasteiger partial charge in [0.1, 0.15) is 5.82 Å². The second-order valence-corrected chi connectivity index (χ2v) is 5.77. The molecule has 1 aliphatic carbocycles. The summed E-state index contributed by atoms with van der Waals surface area (Å²) in [5.74, 6) is 1.04. The Morgan fingerprint density at radius 1 is 1.29 bits per heavy atom. The molecule has 1 saturated carbocycles. The lowest BCUT2D eigenvalue weighted by molar-refractivity contribution is -0.384. The topological polar surface area (TPSA) is 80.1 Å². The molecule has 1 aromatic rings. The van der Waals surface area contributed by atoms with Crippen molar-refractivity contribution in [3.05, 3.63) is 22.2 Å². The number of anilines is 2. The fourth-order valence-electron chi connectivity index (χ4n) is 3.06. The first-order chi connectivity index (χ1) is 10.1. The Labute approximate surface area is 125 Å². The molecule has 0 radical (unpaired) electrons. The van der Waals surface area contributed by atoms with Crippen LogP contribution in [0.2, 0.25) is 0 Å². The average Bonchev–Trinajstić information content (AvgIpc) is 2.95. The number of aromatic nitrogens is 1. The quantitative estimate of drug-likeness (QED) is 0.590. The minimum atomic E-state index is -0.377. The number of pyridine rings is 1. The first-order valence-electron chi connectivity index (χ1n) is 7.73. The van der Waals surface area contributed by atoms with E-state index >= 15 is 0 Å². The van der Waals surface area contributed by atoms with Crippen molar-refractivity contribution in [1.82, 2.24) is 4.98 Å². The highest BCUT2D eigenvalue weighted by Crippen LogP contribution is 2.41. The van der Waals surface area contributed by atoms with Crippen LogP contribution in [0.15, 0.2) is 12.1 Å². The van der Waals surface area contributed by atoms with Gasteiger partial charge in [0.15, 0.2) is 0 Å². The van der Waals surface area contributed by atoms with Gasteiger partial charge in [-0.2, -0.15) is 0 Å². The van der Waals surface area contributed by atoms with Crippen molar-refractivity contribution >= 4 is 17.3 Å².